The van der Waals surface area contributed by atoms with Crippen molar-refractivity contribution in [2.24, 2.45) is 5.73 Å². The van der Waals surface area contributed by atoms with Crippen LogP contribution >= 0.6 is 0 Å². The minimum atomic E-state index is 0.0844. The lowest BCUT2D eigenvalue weighted by atomic mass is 9.74. The molecule has 1 unspecified atom stereocenters. The average Bonchev–Trinajstić information content (AvgIpc) is 2.54. The first kappa shape index (κ1) is 15.0. The van der Waals surface area contributed by atoms with Gasteiger partial charge < -0.3 is 10.6 Å². The van der Waals surface area contributed by atoms with Crippen LogP contribution in [0.2, 0.25) is 0 Å². The third-order valence-corrected chi connectivity index (χ3v) is 5.56. The molecule has 1 aliphatic heterocycles. The van der Waals surface area contributed by atoms with Crippen LogP contribution in [0, 0.1) is 6.92 Å². The molecule has 3 rings (SSSR count). The molecule has 1 aromatic rings. The Kier molecular flexibility index (Phi) is 4.34. The molecule has 2 N–H and O–H groups in total. The molecule has 1 heterocycles. The Bertz CT molecular complexity index is 491. The zero-order valence-corrected chi connectivity index (χ0v) is 13.6. The summed E-state index contributed by atoms with van der Waals surface area (Å²) in [6.07, 6.45) is 3.70. The molecular weight excluding hydrogens is 258 g/mol. The lowest BCUT2D eigenvalue weighted by Gasteiger charge is -2.50. The summed E-state index contributed by atoms with van der Waals surface area (Å²) in [7, 11) is 0. The Morgan fingerprint density at radius 2 is 1.95 bits per heavy atom. The lowest BCUT2D eigenvalue weighted by molar-refractivity contribution is 0.0241. The fourth-order valence-electron chi connectivity index (χ4n) is 4.25. The number of hydrogen-bond acceptors (Lipinski definition) is 3. The van der Waals surface area contributed by atoms with E-state index in [-0.39, 0.29) is 5.54 Å². The van der Waals surface area contributed by atoms with E-state index in [1.54, 1.807) is 0 Å². The molecule has 0 spiro atoms. The fraction of sp³-hybridized carbons (Fsp3) is 0.667. The Labute approximate surface area is 129 Å². The first-order valence-corrected chi connectivity index (χ1v) is 8.47. The van der Waals surface area contributed by atoms with Gasteiger partial charge in [-0.05, 0) is 43.9 Å². The highest BCUT2D eigenvalue weighted by Crippen LogP contribution is 2.40. The number of aryl methyl sites for hydroxylation is 2. The van der Waals surface area contributed by atoms with Gasteiger partial charge in [0.05, 0.1) is 5.54 Å². The van der Waals surface area contributed by atoms with Crippen LogP contribution in [0.15, 0.2) is 18.2 Å². The number of benzene rings is 1. The Hall–Kier alpha value is -0.900. The lowest BCUT2D eigenvalue weighted by Crippen LogP contribution is -2.59. The maximum atomic E-state index is 6.33. The minimum absolute atomic E-state index is 0.0844. The van der Waals surface area contributed by atoms with Crippen LogP contribution in [0.1, 0.15) is 36.5 Å². The topological polar surface area (TPSA) is 32.5 Å². The van der Waals surface area contributed by atoms with Crippen LogP contribution in [0.25, 0.3) is 0 Å². The van der Waals surface area contributed by atoms with Crippen molar-refractivity contribution in [1.29, 1.82) is 0 Å². The van der Waals surface area contributed by atoms with Gasteiger partial charge in [-0.25, -0.2) is 0 Å². The van der Waals surface area contributed by atoms with Gasteiger partial charge in [0, 0.05) is 32.7 Å². The summed E-state index contributed by atoms with van der Waals surface area (Å²) in [6, 6.07) is 6.99. The van der Waals surface area contributed by atoms with E-state index in [4.69, 9.17) is 5.73 Å². The van der Waals surface area contributed by atoms with Gasteiger partial charge >= 0.3 is 0 Å². The summed E-state index contributed by atoms with van der Waals surface area (Å²) in [4.78, 5) is 5.21. The van der Waals surface area contributed by atoms with Crippen LogP contribution in [0.3, 0.4) is 0 Å². The van der Waals surface area contributed by atoms with Gasteiger partial charge in [0.15, 0.2) is 0 Å². The second-order valence-electron chi connectivity index (χ2n) is 6.67. The Balaban J connectivity index is 1.91. The molecule has 1 aliphatic carbocycles. The van der Waals surface area contributed by atoms with Gasteiger partial charge in [-0.3, -0.25) is 4.90 Å². The van der Waals surface area contributed by atoms with Gasteiger partial charge in [-0.15, -0.1) is 0 Å². The van der Waals surface area contributed by atoms with Crippen LogP contribution in [-0.2, 0) is 12.0 Å². The molecule has 0 bridgehead atoms. The van der Waals surface area contributed by atoms with E-state index in [9.17, 15) is 0 Å². The normalized spacial score (nSPS) is 27.6. The molecule has 0 saturated carbocycles. The number of nitrogens with two attached hydrogens (primary N) is 1. The smallest absolute Gasteiger partial charge is 0.0587 e. The molecule has 3 heteroatoms. The van der Waals surface area contributed by atoms with Crippen molar-refractivity contribution in [2.45, 2.75) is 38.6 Å². The van der Waals surface area contributed by atoms with E-state index in [1.165, 1.54) is 55.6 Å². The first-order chi connectivity index (χ1) is 10.2. The second kappa shape index (κ2) is 6.07. The van der Waals surface area contributed by atoms with Gasteiger partial charge in [0.2, 0.25) is 0 Å². The van der Waals surface area contributed by atoms with Crippen molar-refractivity contribution in [3.8, 4) is 0 Å². The first-order valence-electron chi connectivity index (χ1n) is 8.47. The number of piperazine rings is 1. The van der Waals surface area contributed by atoms with Gasteiger partial charge in [0.1, 0.15) is 0 Å². The molecule has 116 valence electrons. The largest absolute Gasteiger partial charge is 0.328 e. The maximum absolute atomic E-state index is 6.33. The molecule has 21 heavy (non-hydrogen) atoms. The third kappa shape index (κ3) is 2.63. The Morgan fingerprint density at radius 3 is 2.62 bits per heavy atom. The van der Waals surface area contributed by atoms with E-state index < -0.39 is 0 Å². The molecule has 3 nitrogen and oxygen atoms in total. The van der Waals surface area contributed by atoms with Crippen LogP contribution in [0.5, 0.6) is 0 Å². The molecule has 0 aromatic heterocycles. The zero-order chi connectivity index (χ0) is 14.9. The SMILES string of the molecule is CCN1CCN(C2(CN)CCCc3cc(C)ccc32)CC1. The van der Waals surface area contributed by atoms with Gasteiger partial charge in [0.25, 0.3) is 0 Å². The van der Waals surface area contributed by atoms with E-state index in [1.807, 2.05) is 0 Å². The predicted octanol–water partition coefficient (Wildman–Crippen LogP) is 2.12. The maximum Gasteiger partial charge on any atom is 0.0587 e. The van der Waals surface area contributed by atoms with E-state index in [2.05, 4.69) is 41.8 Å². The third-order valence-electron chi connectivity index (χ3n) is 5.56. The van der Waals surface area contributed by atoms with Crippen molar-refractivity contribution in [1.82, 2.24) is 9.80 Å². The number of hydrogen-bond donors (Lipinski definition) is 1. The minimum Gasteiger partial charge on any atom is -0.328 e. The Morgan fingerprint density at radius 1 is 1.19 bits per heavy atom. The standard InChI is InChI=1S/C18H29N3/c1-3-20-9-11-21(12-10-20)18(14-19)8-4-5-16-13-15(2)6-7-17(16)18/h6-7,13H,3-5,8-12,14,19H2,1-2H3. The number of likely N-dealkylation sites (N-methyl/N-ethyl adjacent to an activating group) is 1. The fourth-order valence-corrected chi connectivity index (χ4v) is 4.25. The summed E-state index contributed by atoms with van der Waals surface area (Å²) in [6.45, 7) is 11.0. The van der Waals surface area contributed by atoms with Crippen LogP contribution in [-0.4, -0.2) is 49.1 Å². The number of nitrogens with zero attached hydrogens (tertiary/aromatic N) is 2. The van der Waals surface area contributed by atoms with Crippen molar-refractivity contribution in [3.63, 3.8) is 0 Å². The summed E-state index contributed by atoms with van der Waals surface area (Å²) in [5.74, 6) is 0. The quantitative estimate of drug-likeness (QED) is 0.924. The van der Waals surface area contributed by atoms with Gasteiger partial charge in [-0.1, -0.05) is 30.7 Å². The highest BCUT2D eigenvalue weighted by atomic mass is 15.3. The predicted molar refractivity (Wildman–Crippen MR) is 88.5 cm³/mol. The summed E-state index contributed by atoms with van der Waals surface area (Å²) in [5.41, 5.74) is 10.8. The monoisotopic (exact) mass is 287 g/mol. The molecule has 1 fully saturated rings. The molecule has 1 aromatic carbocycles. The molecule has 1 atom stereocenters. The average molecular weight is 287 g/mol. The molecule has 0 amide bonds. The summed E-state index contributed by atoms with van der Waals surface area (Å²) in [5, 5.41) is 0. The van der Waals surface area contributed by atoms with E-state index in [0.717, 1.165) is 19.6 Å². The van der Waals surface area contributed by atoms with Crippen molar-refractivity contribution < 1.29 is 0 Å². The highest BCUT2D eigenvalue weighted by molar-refractivity contribution is 5.39. The second-order valence-corrected chi connectivity index (χ2v) is 6.67. The summed E-state index contributed by atoms with van der Waals surface area (Å²) < 4.78 is 0. The van der Waals surface area contributed by atoms with Gasteiger partial charge in [-0.2, -0.15) is 0 Å². The zero-order valence-electron chi connectivity index (χ0n) is 13.6. The molecule has 1 saturated heterocycles. The van der Waals surface area contributed by atoms with Crippen LogP contribution in [0.4, 0.5) is 0 Å². The number of rotatable bonds is 3. The number of fused-ring (bicyclic) bond motifs is 1. The van der Waals surface area contributed by atoms with Crippen LogP contribution < -0.4 is 5.73 Å². The van der Waals surface area contributed by atoms with E-state index in [0.29, 0.717) is 0 Å². The van der Waals surface area contributed by atoms with Crippen molar-refractivity contribution in [3.05, 3.63) is 34.9 Å². The highest BCUT2D eigenvalue weighted by Gasteiger charge is 2.41. The summed E-state index contributed by atoms with van der Waals surface area (Å²) >= 11 is 0. The molecular formula is C18H29N3. The van der Waals surface area contributed by atoms with E-state index >= 15 is 0 Å². The van der Waals surface area contributed by atoms with Crippen molar-refractivity contribution in [2.75, 3.05) is 39.3 Å². The molecule has 0 radical (unpaired) electrons. The van der Waals surface area contributed by atoms with Crippen molar-refractivity contribution >= 4 is 0 Å². The molecule has 2 aliphatic rings.